The molecule has 2 rings (SSSR count). The van der Waals surface area contributed by atoms with Gasteiger partial charge in [0, 0.05) is 30.1 Å². The molecule has 0 unspecified atom stereocenters. The Balaban J connectivity index is 1.69. The van der Waals surface area contributed by atoms with Crippen LogP contribution in [0.3, 0.4) is 0 Å². The molecule has 0 bridgehead atoms. The Morgan fingerprint density at radius 2 is 2.12 bits per heavy atom. The summed E-state index contributed by atoms with van der Waals surface area (Å²) in [4.78, 5) is 0. The van der Waals surface area contributed by atoms with Gasteiger partial charge in [0.15, 0.2) is 0 Å². The van der Waals surface area contributed by atoms with Crippen molar-refractivity contribution in [3.63, 3.8) is 0 Å². The average molecular weight is 304 g/mol. The van der Waals surface area contributed by atoms with Gasteiger partial charge >= 0.3 is 0 Å². The van der Waals surface area contributed by atoms with Gasteiger partial charge in [-0.25, -0.2) is 0 Å². The van der Waals surface area contributed by atoms with Crippen LogP contribution in [0.15, 0.2) is 22.7 Å². The molecule has 16 heavy (non-hydrogen) atoms. The first-order chi connectivity index (χ1) is 7.77. The zero-order valence-corrected chi connectivity index (χ0v) is 11.4. The fourth-order valence-electron chi connectivity index (χ4n) is 1.56. The Labute approximate surface area is 110 Å². The van der Waals surface area contributed by atoms with Crippen molar-refractivity contribution >= 4 is 27.5 Å². The van der Waals surface area contributed by atoms with E-state index in [9.17, 15) is 0 Å². The Morgan fingerprint density at radius 1 is 1.31 bits per heavy atom. The van der Waals surface area contributed by atoms with Crippen LogP contribution in [0.25, 0.3) is 0 Å². The molecule has 0 spiro atoms. The smallest absolute Gasteiger partial charge is 0.0592 e. The van der Waals surface area contributed by atoms with Gasteiger partial charge in [-0.05, 0) is 40.4 Å². The van der Waals surface area contributed by atoms with Crippen molar-refractivity contribution in [2.24, 2.45) is 0 Å². The van der Waals surface area contributed by atoms with Crippen molar-refractivity contribution in [2.45, 2.75) is 25.4 Å². The van der Waals surface area contributed by atoms with E-state index in [-0.39, 0.29) is 0 Å². The van der Waals surface area contributed by atoms with Crippen molar-refractivity contribution in [1.82, 2.24) is 10.6 Å². The molecule has 88 valence electrons. The Kier molecular flexibility index (Phi) is 4.65. The molecule has 0 saturated heterocycles. The molecule has 1 saturated carbocycles. The van der Waals surface area contributed by atoms with E-state index in [0.717, 1.165) is 40.7 Å². The number of rotatable bonds is 6. The summed E-state index contributed by atoms with van der Waals surface area (Å²) in [5.41, 5.74) is 1.14. The molecule has 0 aromatic heterocycles. The molecule has 1 aliphatic rings. The van der Waals surface area contributed by atoms with Crippen LogP contribution in [-0.4, -0.2) is 19.1 Å². The molecule has 4 heteroatoms. The van der Waals surface area contributed by atoms with Gasteiger partial charge in [-0.2, -0.15) is 0 Å². The lowest BCUT2D eigenvalue weighted by Gasteiger charge is -2.08. The summed E-state index contributed by atoms with van der Waals surface area (Å²) in [6.45, 7) is 2.85. The summed E-state index contributed by atoms with van der Waals surface area (Å²) in [5.74, 6) is 0. The number of hydrogen-bond donors (Lipinski definition) is 2. The SMILES string of the molecule is Clc1c(Br)cccc1CNCCNC1CC1. The summed E-state index contributed by atoms with van der Waals surface area (Å²) >= 11 is 9.59. The summed E-state index contributed by atoms with van der Waals surface area (Å²) in [7, 11) is 0. The van der Waals surface area contributed by atoms with Crippen molar-refractivity contribution in [2.75, 3.05) is 13.1 Å². The van der Waals surface area contributed by atoms with Gasteiger partial charge in [0.05, 0.1) is 5.02 Å². The van der Waals surface area contributed by atoms with E-state index in [1.54, 1.807) is 0 Å². The average Bonchev–Trinajstić information content (AvgIpc) is 3.07. The maximum Gasteiger partial charge on any atom is 0.0592 e. The number of benzene rings is 1. The quantitative estimate of drug-likeness (QED) is 0.790. The lowest BCUT2D eigenvalue weighted by Crippen LogP contribution is -2.28. The highest BCUT2D eigenvalue weighted by Crippen LogP contribution is 2.25. The van der Waals surface area contributed by atoms with Crippen molar-refractivity contribution in [1.29, 1.82) is 0 Å². The molecular formula is C12H16BrClN2. The first kappa shape index (κ1) is 12.4. The minimum atomic E-state index is 0.788. The summed E-state index contributed by atoms with van der Waals surface area (Å²) in [5, 5.41) is 7.66. The van der Waals surface area contributed by atoms with Gasteiger partial charge in [0.1, 0.15) is 0 Å². The van der Waals surface area contributed by atoms with Crippen LogP contribution >= 0.6 is 27.5 Å². The highest BCUT2D eigenvalue weighted by atomic mass is 79.9. The molecule has 1 aliphatic carbocycles. The van der Waals surface area contributed by atoms with Gasteiger partial charge in [-0.1, -0.05) is 23.7 Å². The monoisotopic (exact) mass is 302 g/mol. The molecule has 0 aliphatic heterocycles. The molecular weight excluding hydrogens is 288 g/mol. The van der Waals surface area contributed by atoms with Gasteiger partial charge in [0.2, 0.25) is 0 Å². The van der Waals surface area contributed by atoms with Crippen LogP contribution in [0.2, 0.25) is 5.02 Å². The second kappa shape index (κ2) is 6.01. The predicted octanol–water partition coefficient (Wildman–Crippen LogP) is 2.94. The molecule has 1 fully saturated rings. The summed E-state index contributed by atoms with van der Waals surface area (Å²) < 4.78 is 0.963. The largest absolute Gasteiger partial charge is 0.313 e. The number of halogens is 2. The minimum Gasteiger partial charge on any atom is -0.313 e. The third-order valence-electron chi connectivity index (χ3n) is 2.66. The van der Waals surface area contributed by atoms with E-state index >= 15 is 0 Å². The Bertz CT molecular complexity index is 353. The summed E-state index contributed by atoms with van der Waals surface area (Å²) in [6.07, 6.45) is 2.69. The fraction of sp³-hybridized carbons (Fsp3) is 0.500. The second-order valence-corrected chi connectivity index (χ2v) is 5.35. The summed E-state index contributed by atoms with van der Waals surface area (Å²) in [6, 6.07) is 6.81. The Morgan fingerprint density at radius 3 is 2.88 bits per heavy atom. The predicted molar refractivity (Wildman–Crippen MR) is 71.9 cm³/mol. The third kappa shape index (κ3) is 3.74. The topological polar surface area (TPSA) is 24.1 Å². The molecule has 1 aromatic carbocycles. The highest BCUT2D eigenvalue weighted by molar-refractivity contribution is 9.10. The van der Waals surface area contributed by atoms with E-state index in [1.807, 2.05) is 12.1 Å². The molecule has 1 aromatic rings. The molecule has 0 atom stereocenters. The molecule has 2 N–H and O–H groups in total. The van der Waals surface area contributed by atoms with Crippen molar-refractivity contribution < 1.29 is 0 Å². The zero-order chi connectivity index (χ0) is 11.4. The van der Waals surface area contributed by atoms with Gasteiger partial charge in [0.25, 0.3) is 0 Å². The zero-order valence-electron chi connectivity index (χ0n) is 9.10. The maximum atomic E-state index is 6.16. The number of hydrogen-bond acceptors (Lipinski definition) is 2. The molecule has 0 amide bonds. The van der Waals surface area contributed by atoms with Gasteiger partial charge in [-0.3, -0.25) is 0 Å². The van der Waals surface area contributed by atoms with Crippen LogP contribution in [0, 0.1) is 0 Å². The van der Waals surface area contributed by atoms with Crippen molar-refractivity contribution in [3.8, 4) is 0 Å². The van der Waals surface area contributed by atoms with E-state index in [1.165, 1.54) is 12.8 Å². The van der Waals surface area contributed by atoms with Crippen molar-refractivity contribution in [3.05, 3.63) is 33.3 Å². The van der Waals surface area contributed by atoms with Crippen LogP contribution in [-0.2, 0) is 6.54 Å². The Hall–Kier alpha value is -0.0900. The maximum absolute atomic E-state index is 6.16. The minimum absolute atomic E-state index is 0.788. The normalized spacial score (nSPS) is 15.4. The van der Waals surface area contributed by atoms with E-state index < -0.39 is 0 Å². The van der Waals surface area contributed by atoms with Crippen LogP contribution in [0.4, 0.5) is 0 Å². The first-order valence-electron chi connectivity index (χ1n) is 5.64. The second-order valence-electron chi connectivity index (χ2n) is 4.12. The van der Waals surface area contributed by atoms with E-state index in [0.29, 0.717) is 0 Å². The molecule has 2 nitrogen and oxygen atoms in total. The van der Waals surface area contributed by atoms with E-state index in [2.05, 4.69) is 32.6 Å². The van der Waals surface area contributed by atoms with Crippen LogP contribution < -0.4 is 10.6 Å². The third-order valence-corrected chi connectivity index (χ3v) is 3.99. The van der Waals surface area contributed by atoms with Crippen LogP contribution in [0.5, 0.6) is 0 Å². The van der Waals surface area contributed by atoms with Crippen LogP contribution in [0.1, 0.15) is 18.4 Å². The lowest BCUT2D eigenvalue weighted by atomic mass is 10.2. The molecule has 0 heterocycles. The van der Waals surface area contributed by atoms with Gasteiger partial charge < -0.3 is 10.6 Å². The molecule has 0 radical (unpaired) electrons. The standard InChI is InChI=1S/C12H16BrClN2/c13-11-3-1-2-9(12(11)14)8-15-6-7-16-10-4-5-10/h1-3,10,15-16H,4-8H2. The van der Waals surface area contributed by atoms with E-state index in [4.69, 9.17) is 11.6 Å². The fourth-order valence-corrected chi connectivity index (χ4v) is 2.16. The van der Waals surface area contributed by atoms with Gasteiger partial charge in [-0.15, -0.1) is 0 Å². The number of nitrogens with one attached hydrogen (secondary N) is 2. The first-order valence-corrected chi connectivity index (χ1v) is 6.81. The highest BCUT2D eigenvalue weighted by Gasteiger charge is 2.19. The lowest BCUT2D eigenvalue weighted by molar-refractivity contribution is 0.608.